The summed E-state index contributed by atoms with van der Waals surface area (Å²) in [6.07, 6.45) is 1.39. The second-order valence-electron chi connectivity index (χ2n) is 3.27. The fourth-order valence-corrected chi connectivity index (χ4v) is 1.46. The topological polar surface area (TPSA) is 121 Å². The molecule has 0 aliphatic carbocycles. The van der Waals surface area contributed by atoms with Crippen molar-refractivity contribution in [1.82, 2.24) is 10.2 Å². The van der Waals surface area contributed by atoms with Crippen molar-refractivity contribution in [3.8, 4) is 11.8 Å². The summed E-state index contributed by atoms with van der Waals surface area (Å²) in [5.74, 6) is 5.29. The number of nitro groups is 1. The highest BCUT2D eigenvalue weighted by molar-refractivity contribution is 5.88. The van der Waals surface area contributed by atoms with E-state index in [2.05, 4.69) is 32.1 Å². The van der Waals surface area contributed by atoms with Gasteiger partial charge in [-0.1, -0.05) is 17.0 Å². The number of azide groups is 1. The molecule has 0 amide bonds. The molecule has 0 saturated heterocycles. The lowest BCUT2D eigenvalue weighted by Gasteiger charge is -1.95. The Morgan fingerprint density at radius 3 is 3.17 bits per heavy atom. The van der Waals surface area contributed by atoms with Crippen LogP contribution < -0.4 is 0 Å². The molecule has 0 radical (unpaired) electrons. The largest absolute Gasteiger partial charge is 0.281 e. The molecule has 0 aliphatic rings. The number of fused-ring (bicyclic) bond motifs is 1. The van der Waals surface area contributed by atoms with Gasteiger partial charge in [0.1, 0.15) is 0 Å². The summed E-state index contributed by atoms with van der Waals surface area (Å²) in [6.45, 7) is 0.0192. The van der Waals surface area contributed by atoms with Crippen LogP contribution >= 0.6 is 0 Å². The maximum absolute atomic E-state index is 10.9. The second kappa shape index (κ2) is 4.86. The Balaban J connectivity index is 2.48. The van der Waals surface area contributed by atoms with E-state index in [0.717, 1.165) is 0 Å². The molecule has 2 rings (SSSR count). The Kier molecular flexibility index (Phi) is 3.09. The highest BCUT2D eigenvalue weighted by Crippen LogP contribution is 2.25. The highest BCUT2D eigenvalue weighted by Gasteiger charge is 2.14. The van der Waals surface area contributed by atoms with Crippen molar-refractivity contribution in [3.05, 3.63) is 44.5 Å². The minimum absolute atomic E-state index is 0.0192. The third-order valence-electron chi connectivity index (χ3n) is 2.18. The Morgan fingerprint density at radius 1 is 1.61 bits per heavy atom. The molecule has 0 unspecified atom stereocenters. The van der Waals surface area contributed by atoms with E-state index in [9.17, 15) is 10.1 Å². The average molecular weight is 242 g/mol. The molecule has 1 aromatic heterocycles. The molecule has 8 nitrogen and oxygen atoms in total. The number of nitrogens with one attached hydrogen (secondary N) is 1. The lowest BCUT2D eigenvalue weighted by molar-refractivity contribution is -0.383. The average Bonchev–Trinajstić information content (AvgIpc) is 2.81. The summed E-state index contributed by atoms with van der Waals surface area (Å²) in [7, 11) is 0. The molecular formula is C10H6N6O2. The van der Waals surface area contributed by atoms with E-state index in [1.165, 1.54) is 12.3 Å². The zero-order chi connectivity index (χ0) is 13.0. The first-order valence-electron chi connectivity index (χ1n) is 4.83. The van der Waals surface area contributed by atoms with E-state index in [0.29, 0.717) is 16.5 Å². The van der Waals surface area contributed by atoms with Crippen LogP contribution in [-0.2, 0) is 0 Å². The number of benzene rings is 1. The molecule has 0 bridgehead atoms. The molecule has 18 heavy (non-hydrogen) atoms. The van der Waals surface area contributed by atoms with E-state index in [1.54, 1.807) is 6.07 Å². The zero-order valence-electron chi connectivity index (χ0n) is 8.99. The van der Waals surface area contributed by atoms with Gasteiger partial charge in [-0.3, -0.25) is 15.2 Å². The standard InChI is InChI=1S/C10H6N6O2/c11-15-12-3-1-2-7-4-9-8(6-13-14-9)10(5-7)16(17)18/h4-6H,3H2,(H,13,14). The van der Waals surface area contributed by atoms with Gasteiger partial charge in [0.15, 0.2) is 0 Å². The van der Waals surface area contributed by atoms with Gasteiger partial charge in [0.2, 0.25) is 0 Å². The first-order chi connectivity index (χ1) is 8.72. The monoisotopic (exact) mass is 242 g/mol. The summed E-state index contributed by atoms with van der Waals surface area (Å²) in [6, 6.07) is 3.01. The van der Waals surface area contributed by atoms with Gasteiger partial charge in [-0.15, -0.1) is 0 Å². The highest BCUT2D eigenvalue weighted by atomic mass is 16.6. The third-order valence-corrected chi connectivity index (χ3v) is 2.18. The molecular weight excluding hydrogens is 236 g/mol. The van der Waals surface area contributed by atoms with Gasteiger partial charge in [0, 0.05) is 16.5 Å². The van der Waals surface area contributed by atoms with E-state index in [1.807, 2.05) is 0 Å². The number of hydrogen-bond acceptors (Lipinski definition) is 4. The van der Waals surface area contributed by atoms with E-state index < -0.39 is 4.92 Å². The van der Waals surface area contributed by atoms with Gasteiger partial charge < -0.3 is 0 Å². The van der Waals surface area contributed by atoms with Gasteiger partial charge in [0.25, 0.3) is 5.69 Å². The van der Waals surface area contributed by atoms with E-state index >= 15 is 0 Å². The Hall–Kier alpha value is -3.04. The maximum atomic E-state index is 10.9. The SMILES string of the molecule is [N-]=[N+]=NCC#Cc1cc([N+](=O)[O-])c2cn[nH]c2c1. The smallest absolute Gasteiger partial charge is 0.278 e. The van der Waals surface area contributed by atoms with Crippen LogP contribution in [0.15, 0.2) is 23.4 Å². The number of aromatic amines is 1. The number of hydrogen-bond donors (Lipinski definition) is 1. The minimum atomic E-state index is -0.490. The van der Waals surface area contributed by atoms with Crippen LogP contribution in [0.1, 0.15) is 5.56 Å². The first kappa shape index (κ1) is 11.4. The molecule has 1 heterocycles. The van der Waals surface area contributed by atoms with E-state index in [-0.39, 0.29) is 12.2 Å². The van der Waals surface area contributed by atoms with Gasteiger partial charge in [-0.05, 0) is 11.6 Å². The lowest BCUT2D eigenvalue weighted by Crippen LogP contribution is -1.90. The van der Waals surface area contributed by atoms with Gasteiger partial charge in [-0.2, -0.15) is 5.10 Å². The molecule has 0 fully saturated rings. The number of nitro benzene ring substituents is 1. The Labute approximate surface area is 100 Å². The van der Waals surface area contributed by atoms with Crippen molar-refractivity contribution in [2.45, 2.75) is 0 Å². The van der Waals surface area contributed by atoms with Crippen molar-refractivity contribution >= 4 is 16.6 Å². The van der Waals surface area contributed by atoms with Crippen LogP contribution in [0.4, 0.5) is 5.69 Å². The summed E-state index contributed by atoms with van der Waals surface area (Å²) in [5.41, 5.74) is 9.02. The number of nitrogens with zero attached hydrogens (tertiary/aromatic N) is 5. The third kappa shape index (κ3) is 2.21. The summed E-state index contributed by atoms with van der Waals surface area (Å²) in [4.78, 5) is 13.0. The number of rotatable bonds is 2. The van der Waals surface area contributed by atoms with Crippen LogP contribution in [0.2, 0.25) is 0 Å². The number of H-pyrrole nitrogens is 1. The van der Waals surface area contributed by atoms with Crippen molar-refractivity contribution in [1.29, 1.82) is 0 Å². The molecule has 2 aromatic rings. The molecule has 0 atom stereocenters. The zero-order valence-corrected chi connectivity index (χ0v) is 8.99. The fraction of sp³-hybridized carbons (Fsp3) is 0.100. The molecule has 1 N–H and O–H groups in total. The van der Waals surface area contributed by atoms with Crippen molar-refractivity contribution in [2.24, 2.45) is 5.11 Å². The van der Waals surface area contributed by atoms with Crippen molar-refractivity contribution in [3.63, 3.8) is 0 Å². The molecule has 0 spiro atoms. The predicted octanol–water partition coefficient (Wildman–Crippen LogP) is 2.13. The van der Waals surface area contributed by atoms with Crippen LogP contribution in [0, 0.1) is 22.0 Å². The summed E-state index contributed by atoms with van der Waals surface area (Å²) in [5, 5.41) is 21.0. The van der Waals surface area contributed by atoms with Crippen LogP contribution in [-0.4, -0.2) is 21.7 Å². The first-order valence-corrected chi connectivity index (χ1v) is 4.83. The summed E-state index contributed by atoms with van der Waals surface area (Å²) >= 11 is 0. The molecule has 0 saturated carbocycles. The number of aromatic nitrogens is 2. The molecule has 88 valence electrons. The van der Waals surface area contributed by atoms with Gasteiger partial charge >= 0.3 is 0 Å². The van der Waals surface area contributed by atoms with Gasteiger partial charge in [0.05, 0.1) is 28.6 Å². The van der Waals surface area contributed by atoms with Crippen LogP contribution in [0.3, 0.4) is 0 Å². The Bertz CT molecular complexity index is 717. The maximum Gasteiger partial charge on any atom is 0.281 e. The second-order valence-corrected chi connectivity index (χ2v) is 3.27. The quantitative estimate of drug-likeness (QED) is 0.217. The van der Waals surface area contributed by atoms with Gasteiger partial charge in [-0.25, -0.2) is 0 Å². The Morgan fingerprint density at radius 2 is 2.44 bits per heavy atom. The molecule has 1 aromatic carbocycles. The molecule has 0 aliphatic heterocycles. The molecule has 8 heteroatoms. The lowest BCUT2D eigenvalue weighted by atomic mass is 10.1. The summed E-state index contributed by atoms with van der Waals surface area (Å²) < 4.78 is 0. The van der Waals surface area contributed by atoms with Crippen molar-refractivity contribution < 1.29 is 4.92 Å². The normalized spacial score (nSPS) is 9.33. The van der Waals surface area contributed by atoms with Crippen LogP contribution in [0.5, 0.6) is 0 Å². The number of non-ortho nitro benzene ring substituents is 1. The van der Waals surface area contributed by atoms with Crippen molar-refractivity contribution in [2.75, 3.05) is 6.54 Å². The van der Waals surface area contributed by atoms with Crippen LogP contribution in [0.25, 0.3) is 21.3 Å². The van der Waals surface area contributed by atoms with E-state index in [4.69, 9.17) is 5.53 Å². The predicted molar refractivity (Wildman–Crippen MR) is 63.6 cm³/mol. The fourth-order valence-electron chi connectivity index (χ4n) is 1.46. The minimum Gasteiger partial charge on any atom is -0.278 e.